The Morgan fingerprint density at radius 3 is 2.55 bits per heavy atom. The highest BCUT2D eigenvalue weighted by atomic mass is 19.4. The van der Waals surface area contributed by atoms with Gasteiger partial charge >= 0.3 is 6.18 Å². The lowest BCUT2D eigenvalue weighted by Crippen LogP contribution is -2.55. The lowest BCUT2D eigenvalue weighted by Gasteiger charge is -2.37. The molecule has 3 aliphatic heterocycles. The number of piperazine rings is 1. The highest BCUT2D eigenvalue weighted by molar-refractivity contribution is 6.06. The van der Waals surface area contributed by atoms with Gasteiger partial charge in [0.15, 0.2) is 0 Å². The number of nitrogens with two attached hydrogens (primary N) is 1. The van der Waals surface area contributed by atoms with Crippen LogP contribution in [0.1, 0.15) is 5.56 Å². The summed E-state index contributed by atoms with van der Waals surface area (Å²) < 4.78 is 46.0. The Hall–Kier alpha value is -2.72. The number of nitrogens with zero attached hydrogens (tertiary/aromatic N) is 3. The van der Waals surface area contributed by atoms with Gasteiger partial charge in [-0.05, 0) is 25.3 Å². The Labute approximate surface area is 179 Å². The monoisotopic (exact) mass is 436 g/mol. The number of ether oxygens (including phenoxy) is 1. The predicted molar refractivity (Wildman–Crippen MR) is 114 cm³/mol. The third-order valence-corrected chi connectivity index (χ3v) is 6.01. The van der Waals surface area contributed by atoms with Crippen molar-refractivity contribution < 1.29 is 17.9 Å². The van der Waals surface area contributed by atoms with Crippen LogP contribution in [0.25, 0.3) is 0 Å². The molecule has 168 valence electrons. The van der Waals surface area contributed by atoms with Crippen LogP contribution in [0.3, 0.4) is 0 Å². The maximum atomic E-state index is 13.4. The summed E-state index contributed by atoms with van der Waals surface area (Å²) in [6.07, 6.45) is -2.90. The van der Waals surface area contributed by atoms with Gasteiger partial charge in [-0.2, -0.15) is 13.2 Å². The smallest absolute Gasteiger partial charge is 0.415 e. The fraction of sp³-hybridized carbons (Fsp3) is 0.476. The van der Waals surface area contributed by atoms with Crippen molar-refractivity contribution in [1.82, 2.24) is 15.5 Å². The molecule has 0 radical (unpaired) electrons. The number of fused-ring (bicyclic) bond motifs is 1. The molecule has 0 spiro atoms. The molecular formula is C21H27F3N6O. The van der Waals surface area contributed by atoms with Crippen LogP contribution in [-0.4, -0.2) is 70.8 Å². The highest BCUT2D eigenvalue weighted by Gasteiger charge is 2.45. The summed E-state index contributed by atoms with van der Waals surface area (Å²) in [7, 11) is 5.22. The average Bonchev–Trinajstić information content (AvgIpc) is 3.17. The maximum Gasteiger partial charge on any atom is 0.415 e. The number of hydrogen-bond donors (Lipinski definition) is 3. The van der Waals surface area contributed by atoms with E-state index in [0.29, 0.717) is 11.3 Å². The first-order valence-electron chi connectivity index (χ1n) is 10.1. The van der Waals surface area contributed by atoms with Crippen LogP contribution in [0.2, 0.25) is 0 Å². The number of anilines is 1. The van der Waals surface area contributed by atoms with E-state index < -0.39 is 24.0 Å². The van der Waals surface area contributed by atoms with Gasteiger partial charge in [0.2, 0.25) is 0 Å². The first-order chi connectivity index (χ1) is 14.7. The van der Waals surface area contributed by atoms with Crippen molar-refractivity contribution in [2.75, 3.05) is 58.8 Å². The first-order valence-corrected chi connectivity index (χ1v) is 10.1. The van der Waals surface area contributed by atoms with Crippen molar-refractivity contribution in [2.45, 2.75) is 11.8 Å². The molecule has 1 unspecified atom stereocenters. The van der Waals surface area contributed by atoms with E-state index in [4.69, 9.17) is 10.5 Å². The summed E-state index contributed by atoms with van der Waals surface area (Å²) in [4.78, 5) is 8.62. The van der Waals surface area contributed by atoms with Crippen molar-refractivity contribution >= 4 is 11.5 Å². The van der Waals surface area contributed by atoms with Gasteiger partial charge in [-0.25, -0.2) is 0 Å². The van der Waals surface area contributed by atoms with E-state index in [1.165, 1.54) is 0 Å². The van der Waals surface area contributed by atoms with Crippen molar-refractivity contribution in [3.05, 3.63) is 46.7 Å². The summed E-state index contributed by atoms with van der Waals surface area (Å²) in [5.74, 6) is 0.687. The molecule has 0 aliphatic carbocycles. The second-order valence-corrected chi connectivity index (χ2v) is 7.99. The molecule has 0 bridgehead atoms. The van der Waals surface area contributed by atoms with E-state index in [1.54, 1.807) is 20.2 Å². The molecule has 3 aliphatic rings. The van der Waals surface area contributed by atoms with Crippen LogP contribution in [0, 0.1) is 0 Å². The van der Waals surface area contributed by atoms with E-state index in [2.05, 4.69) is 32.5 Å². The molecule has 10 heteroatoms. The molecule has 3 heterocycles. The van der Waals surface area contributed by atoms with Crippen molar-refractivity contribution in [1.29, 1.82) is 0 Å². The minimum absolute atomic E-state index is 0.0177. The number of aliphatic imine (C=N–C) groups is 1. The normalized spacial score (nSPS) is 24.4. The van der Waals surface area contributed by atoms with Crippen molar-refractivity contribution in [2.24, 2.45) is 10.7 Å². The Morgan fingerprint density at radius 2 is 1.94 bits per heavy atom. The van der Waals surface area contributed by atoms with Crippen LogP contribution in [-0.2, 0) is 5.66 Å². The second-order valence-electron chi connectivity index (χ2n) is 7.99. The van der Waals surface area contributed by atoms with Crippen LogP contribution in [0.4, 0.5) is 18.9 Å². The van der Waals surface area contributed by atoms with E-state index in [1.807, 2.05) is 18.2 Å². The minimum atomic E-state index is -4.46. The third-order valence-electron chi connectivity index (χ3n) is 6.01. The largest absolute Gasteiger partial charge is 0.496 e. The molecule has 1 saturated heterocycles. The quantitative estimate of drug-likeness (QED) is 0.665. The molecule has 0 saturated carbocycles. The SMILES string of the molecule is CNC1=CC(N)(c2ccc(N3CCN(C)CC3)cc2OC)NC2=NCC(C(F)(F)F)=C12. The maximum absolute atomic E-state index is 13.4. The Bertz CT molecular complexity index is 962. The van der Waals surface area contributed by atoms with E-state index in [0.717, 1.165) is 31.9 Å². The number of rotatable bonds is 4. The number of likely N-dealkylation sites (N-methyl/N-ethyl adjacent to an activating group) is 2. The summed E-state index contributed by atoms with van der Waals surface area (Å²) in [6.45, 7) is 3.31. The van der Waals surface area contributed by atoms with E-state index in [9.17, 15) is 13.2 Å². The molecule has 1 aromatic rings. The number of hydrogen-bond acceptors (Lipinski definition) is 7. The van der Waals surface area contributed by atoms with E-state index in [-0.39, 0.29) is 17.1 Å². The number of methoxy groups -OCH3 is 1. The number of nitrogens with one attached hydrogen (secondary N) is 2. The molecule has 4 N–H and O–H groups in total. The summed E-state index contributed by atoms with van der Waals surface area (Å²) in [5.41, 5.74) is 6.63. The van der Waals surface area contributed by atoms with Crippen molar-refractivity contribution in [3.63, 3.8) is 0 Å². The van der Waals surface area contributed by atoms with E-state index >= 15 is 0 Å². The Morgan fingerprint density at radius 1 is 1.23 bits per heavy atom. The number of alkyl halides is 3. The molecule has 1 aromatic carbocycles. The lowest BCUT2D eigenvalue weighted by atomic mass is 9.90. The zero-order chi connectivity index (χ0) is 22.4. The Balaban J connectivity index is 1.72. The number of benzene rings is 1. The molecule has 1 atom stereocenters. The van der Waals surface area contributed by atoms with Crippen LogP contribution < -0.4 is 26.0 Å². The zero-order valence-electron chi connectivity index (χ0n) is 17.8. The molecule has 1 fully saturated rings. The van der Waals surface area contributed by atoms with Gasteiger partial charge in [-0.3, -0.25) is 4.99 Å². The van der Waals surface area contributed by atoms with Crippen molar-refractivity contribution in [3.8, 4) is 5.75 Å². The van der Waals surface area contributed by atoms with Gasteiger partial charge in [-0.15, -0.1) is 0 Å². The molecular weight excluding hydrogens is 409 g/mol. The fourth-order valence-electron chi connectivity index (χ4n) is 4.24. The van der Waals surface area contributed by atoms with Gasteiger partial charge in [0.05, 0.1) is 19.2 Å². The number of halogens is 3. The predicted octanol–water partition coefficient (Wildman–Crippen LogP) is 1.54. The summed E-state index contributed by atoms with van der Waals surface area (Å²) >= 11 is 0. The Kier molecular flexibility index (Phi) is 5.38. The standard InChI is InChI=1S/C21H27F3N6O/c1-26-16-11-20(25,28-19-18(16)15(12-27-19)21(22,23)24)14-5-4-13(10-17(14)31-3)30-8-6-29(2)7-9-30/h4-5,10-11,26H,6-9,12,25H2,1-3H3,(H,27,28). The summed E-state index contributed by atoms with van der Waals surface area (Å²) in [5, 5.41) is 5.86. The number of amidine groups is 1. The zero-order valence-corrected chi connectivity index (χ0v) is 17.8. The molecule has 0 aromatic heterocycles. The van der Waals surface area contributed by atoms with Crippen LogP contribution >= 0.6 is 0 Å². The lowest BCUT2D eigenvalue weighted by molar-refractivity contribution is -0.0922. The molecule has 31 heavy (non-hydrogen) atoms. The van der Waals surface area contributed by atoms with Gasteiger partial charge in [-0.1, -0.05) is 0 Å². The second kappa shape index (κ2) is 7.76. The minimum Gasteiger partial charge on any atom is -0.496 e. The summed E-state index contributed by atoms with van der Waals surface area (Å²) in [6, 6.07) is 5.75. The molecule has 4 rings (SSSR count). The fourth-order valence-corrected chi connectivity index (χ4v) is 4.24. The van der Waals surface area contributed by atoms with Crippen LogP contribution in [0.15, 0.2) is 46.1 Å². The molecule has 7 nitrogen and oxygen atoms in total. The van der Waals surface area contributed by atoms with Gasteiger partial charge in [0.1, 0.15) is 17.2 Å². The van der Waals surface area contributed by atoms with Gasteiger partial charge < -0.3 is 30.9 Å². The van der Waals surface area contributed by atoms with Gasteiger partial charge in [0, 0.05) is 61.8 Å². The topological polar surface area (TPSA) is 78.2 Å². The first kappa shape index (κ1) is 21.5. The van der Waals surface area contributed by atoms with Crippen LogP contribution in [0.5, 0.6) is 5.75 Å². The third kappa shape index (κ3) is 3.85. The van der Waals surface area contributed by atoms with Gasteiger partial charge in [0.25, 0.3) is 0 Å². The average molecular weight is 436 g/mol. The highest BCUT2D eigenvalue weighted by Crippen LogP contribution is 2.40. The molecule has 0 amide bonds.